The van der Waals surface area contributed by atoms with Crippen molar-refractivity contribution >= 4 is 0 Å². The van der Waals surface area contributed by atoms with E-state index in [9.17, 15) is 10.2 Å². The van der Waals surface area contributed by atoms with Crippen molar-refractivity contribution in [2.24, 2.45) is 0 Å². The Morgan fingerprint density at radius 3 is 1.05 bits per heavy atom. The summed E-state index contributed by atoms with van der Waals surface area (Å²) >= 11 is 0. The lowest BCUT2D eigenvalue weighted by Gasteiger charge is -2.26. The largest absolute Gasteiger partial charge is 0.391 e. The third-order valence-electron chi connectivity index (χ3n) is 9.47. The third-order valence-corrected chi connectivity index (χ3v) is 9.47. The fraction of sp³-hybridized carbons (Fsp3) is 0.333. The molecule has 0 bridgehead atoms. The van der Waals surface area contributed by atoms with Crippen LogP contribution in [0.3, 0.4) is 0 Å². The Hall–Kier alpha value is -3.28. The van der Waals surface area contributed by atoms with E-state index in [-0.39, 0.29) is 36.1 Å². The highest BCUT2D eigenvalue weighted by atomic mass is 16.3. The van der Waals surface area contributed by atoms with Gasteiger partial charge < -0.3 is 20.8 Å². The molecule has 1 unspecified atom stereocenters. The maximum atomic E-state index is 10.9. The minimum atomic E-state index is -0.345. The van der Waals surface area contributed by atoms with Crippen LogP contribution in [-0.4, -0.2) is 47.6 Å². The molecule has 2 aliphatic heterocycles. The Bertz CT molecular complexity index is 1280. The van der Waals surface area contributed by atoms with E-state index in [1.807, 2.05) is 0 Å². The van der Waals surface area contributed by atoms with Crippen LogP contribution < -0.4 is 10.6 Å². The highest BCUT2D eigenvalue weighted by molar-refractivity contribution is 5.80. The van der Waals surface area contributed by atoms with Crippen LogP contribution >= 0.6 is 0 Å². The van der Waals surface area contributed by atoms with Gasteiger partial charge in [-0.15, -0.1) is 0 Å². The Morgan fingerprint density at radius 1 is 0.475 bits per heavy atom. The van der Waals surface area contributed by atoms with E-state index >= 15 is 0 Å². The van der Waals surface area contributed by atoms with Gasteiger partial charge in [0.2, 0.25) is 0 Å². The first-order chi connectivity index (χ1) is 19.7. The minimum Gasteiger partial charge on any atom is -0.391 e. The molecule has 0 radical (unpaired) electrons. The molecule has 0 saturated carbocycles. The number of fused-ring (bicyclic) bond motifs is 6. The first-order valence-electron chi connectivity index (χ1n) is 14.9. The summed E-state index contributed by atoms with van der Waals surface area (Å²) in [5.41, 5.74) is 10.2. The molecule has 4 aliphatic rings. The van der Waals surface area contributed by atoms with Gasteiger partial charge in [0.25, 0.3) is 0 Å². The van der Waals surface area contributed by atoms with E-state index in [1.165, 1.54) is 44.5 Å². The Labute approximate surface area is 237 Å². The summed E-state index contributed by atoms with van der Waals surface area (Å²) in [5, 5.41) is 28.6. The highest BCUT2D eigenvalue weighted by Gasteiger charge is 2.39. The molecule has 0 aromatic heterocycles. The van der Waals surface area contributed by atoms with E-state index in [2.05, 4.69) is 108 Å². The number of benzene rings is 4. The minimum absolute atomic E-state index is 0.109. The van der Waals surface area contributed by atoms with Crippen molar-refractivity contribution in [2.45, 2.75) is 61.8 Å². The second-order valence-corrected chi connectivity index (χ2v) is 11.7. The fourth-order valence-corrected chi connectivity index (χ4v) is 7.60. The van der Waals surface area contributed by atoms with Crippen molar-refractivity contribution in [1.29, 1.82) is 0 Å². The van der Waals surface area contributed by atoms with Gasteiger partial charge in [0.1, 0.15) is 0 Å². The van der Waals surface area contributed by atoms with Gasteiger partial charge in [0, 0.05) is 23.9 Å². The standard InChI is InChI=1S/2C18H19NO/c2*20-18(16-10-5-11-19-16)17-14-8-3-1-6-12(14)13-7-2-4-9-15(13)17/h2*1-4,6-9,16-20H,5,10-11H2/t16-,18?;16-,18-/m10/s1. The van der Waals surface area contributed by atoms with Gasteiger partial charge in [-0.1, -0.05) is 97.1 Å². The topological polar surface area (TPSA) is 64.5 Å². The molecule has 204 valence electrons. The molecule has 4 aromatic rings. The summed E-state index contributed by atoms with van der Waals surface area (Å²) < 4.78 is 0. The smallest absolute Gasteiger partial charge is 0.0802 e. The van der Waals surface area contributed by atoms with Crippen molar-refractivity contribution in [3.05, 3.63) is 119 Å². The molecule has 4 atom stereocenters. The van der Waals surface area contributed by atoms with Gasteiger partial charge in [0.05, 0.1) is 12.2 Å². The zero-order valence-corrected chi connectivity index (χ0v) is 22.8. The average Bonchev–Trinajstić information content (AvgIpc) is 3.82. The van der Waals surface area contributed by atoms with Gasteiger partial charge in [0.15, 0.2) is 0 Å². The van der Waals surface area contributed by atoms with Crippen LogP contribution in [0.5, 0.6) is 0 Å². The quantitative estimate of drug-likeness (QED) is 0.268. The van der Waals surface area contributed by atoms with Gasteiger partial charge in [-0.25, -0.2) is 0 Å². The summed E-state index contributed by atoms with van der Waals surface area (Å²) in [5.74, 6) is 0.219. The fourth-order valence-electron chi connectivity index (χ4n) is 7.60. The number of hydrogen-bond acceptors (Lipinski definition) is 4. The lowest BCUT2D eigenvalue weighted by molar-refractivity contribution is 0.120. The van der Waals surface area contributed by atoms with E-state index in [0.29, 0.717) is 0 Å². The number of aliphatic hydroxyl groups is 2. The second-order valence-electron chi connectivity index (χ2n) is 11.7. The summed E-state index contributed by atoms with van der Waals surface area (Å²) in [7, 11) is 0. The van der Waals surface area contributed by atoms with E-state index in [1.54, 1.807) is 0 Å². The summed E-state index contributed by atoms with van der Waals surface area (Å²) in [6.07, 6.45) is 3.78. The van der Waals surface area contributed by atoms with Crippen LogP contribution in [0, 0.1) is 0 Å². The molecule has 2 heterocycles. The molecule has 2 aliphatic carbocycles. The van der Waals surface area contributed by atoms with Crippen molar-refractivity contribution in [1.82, 2.24) is 10.6 Å². The Kier molecular flexibility index (Phi) is 7.03. The van der Waals surface area contributed by atoms with Crippen molar-refractivity contribution in [3.8, 4) is 22.3 Å². The summed E-state index contributed by atoms with van der Waals surface area (Å²) in [6, 6.07) is 34.4. The molecule has 4 heteroatoms. The van der Waals surface area contributed by atoms with Crippen molar-refractivity contribution in [3.63, 3.8) is 0 Å². The normalized spacial score (nSPS) is 22.6. The number of hydrogen-bond donors (Lipinski definition) is 4. The van der Waals surface area contributed by atoms with Crippen LogP contribution in [-0.2, 0) is 0 Å². The molecule has 4 nitrogen and oxygen atoms in total. The predicted octanol–water partition coefficient (Wildman–Crippen LogP) is 5.82. The monoisotopic (exact) mass is 530 g/mol. The highest BCUT2D eigenvalue weighted by Crippen LogP contribution is 2.48. The number of nitrogens with one attached hydrogen (secondary N) is 2. The zero-order valence-electron chi connectivity index (χ0n) is 22.8. The van der Waals surface area contributed by atoms with E-state index in [4.69, 9.17) is 0 Å². The van der Waals surface area contributed by atoms with Crippen LogP contribution in [0.1, 0.15) is 59.8 Å². The SMILES string of the molecule is OC(C1c2ccccc2-c2ccccc21)[C@H]1CCCN1.O[C@H](C1c2ccccc2-c2ccccc21)[C@@H]1CCCN1. The maximum Gasteiger partial charge on any atom is 0.0802 e. The van der Waals surface area contributed by atoms with E-state index < -0.39 is 0 Å². The second kappa shape index (κ2) is 10.9. The van der Waals surface area contributed by atoms with Gasteiger partial charge in [-0.3, -0.25) is 0 Å². The lowest BCUT2D eigenvalue weighted by Crippen LogP contribution is -2.38. The molecule has 40 heavy (non-hydrogen) atoms. The molecule has 8 rings (SSSR count). The maximum absolute atomic E-state index is 10.9. The van der Waals surface area contributed by atoms with Crippen LogP contribution in [0.15, 0.2) is 97.1 Å². The van der Waals surface area contributed by atoms with Gasteiger partial charge >= 0.3 is 0 Å². The molecule has 2 fully saturated rings. The summed E-state index contributed by atoms with van der Waals surface area (Å²) in [6.45, 7) is 2.05. The lowest BCUT2D eigenvalue weighted by atomic mass is 9.87. The van der Waals surface area contributed by atoms with Crippen LogP contribution in [0.2, 0.25) is 0 Å². The zero-order chi connectivity index (χ0) is 27.1. The molecule has 0 spiro atoms. The first kappa shape index (κ1) is 25.7. The van der Waals surface area contributed by atoms with Gasteiger partial charge in [-0.05, 0) is 83.3 Å². The van der Waals surface area contributed by atoms with Crippen molar-refractivity contribution in [2.75, 3.05) is 13.1 Å². The average molecular weight is 531 g/mol. The molecule has 0 amide bonds. The Balaban J connectivity index is 0.000000132. The van der Waals surface area contributed by atoms with E-state index in [0.717, 1.165) is 38.8 Å². The molecule has 4 aromatic carbocycles. The molecule has 2 saturated heterocycles. The number of aliphatic hydroxyl groups excluding tert-OH is 2. The third kappa shape index (κ3) is 4.40. The summed E-state index contributed by atoms with van der Waals surface area (Å²) in [4.78, 5) is 0. The molecule has 4 N–H and O–H groups in total. The molecular formula is C36H38N2O2. The van der Waals surface area contributed by atoms with Crippen LogP contribution in [0.25, 0.3) is 22.3 Å². The van der Waals surface area contributed by atoms with Crippen LogP contribution in [0.4, 0.5) is 0 Å². The first-order valence-corrected chi connectivity index (χ1v) is 14.9. The van der Waals surface area contributed by atoms with Gasteiger partial charge in [-0.2, -0.15) is 0 Å². The van der Waals surface area contributed by atoms with Crippen molar-refractivity contribution < 1.29 is 10.2 Å². The molecular weight excluding hydrogens is 492 g/mol. The Morgan fingerprint density at radius 2 is 0.775 bits per heavy atom. The predicted molar refractivity (Wildman–Crippen MR) is 162 cm³/mol. The number of rotatable bonds is 4.